The number of carbonyl (C=O) groups is 3. The Morgan fingerprint density at radius 2 is 1.55 bits per heavy atom. The van der Waals surface area contributed by atoms with Crippen LogP contribution in [0.4, 0.5) is 0 Å². The Bertz CT molecular complexity index is 558. The Balaban J connectivity index is 0.000000235. The first-order chi connectivity index (χ1) is 10.3. The fraction of sp³-hybridized carbons (Fsp3) is 0.438. The molecule has 0 heterocycles. The third-order valence-corrected chi connectivity index (χ3v) is 3.67. The molecule has 0 radical (unpaired) electrons. The molecular formula is C16H20O6. The van der Waals surface area contributed by atoms with Crippen LogP contribution in [0, 0.1) is 12.8 Å². The summed E-state index contributed by atoms with van der Waals surface area (Å²) in [5.74, 6) is -2.86. The maximum atomic E-state index is 10.6. The van der Waals surface area contributed by atoms with Gasteiger partial charge in [-0.05, 0) is 37.5 Å². The number of carboxylic acids is 3. The van der Waals surface area contributed by atoms with Crippen LogP contribution in [-0.2, 0) is 4.79 Å². The largest absolute Gasteiger partial charge is 0.481 e. The molecule has 2 rings (SSSR count). The highest BCUT2D eigenvalue weighted by Crippen LogP contribution is 2.23. The summed E-state index contributed by atoms with van der Waals surface area (Å²) in [5, 5.41) is 25.8. The molecule has 6 heteroatoms. The molecule has 3 N–H and O–H groups in total. The van der Waals surface area contributed by atoms with Crippen molar-refractivity contribution < 1.29 is 29.7 Å². The van der Waals surface area contributed by atoms with Crippen molar-refractivity contribution in [1.29, 1.82) is 0 Å². The van der Waals surface area contributed by atoms with Gasteiger partial charge in [-0.1, -0.05) is 25.3 Å². The lowest BCUT2D eigenvalue weighted by Crippen LogP contribution is -2.16. The van der Waals surface area contributed by atoms with Crippen molar-refractivity contribution >= 4 is 17.9 Å². The van der Waals surface area contributed by atoms with Gasteiger partial charge in [0.1, 0.15) is 0 Å². The van der Waals surface area contributed by atoms with Crippen LogP contribution in [0.1, 0.15) is 58.4 Å². The van der Waals surface area contributed by atoms with Crippen molar-refractivity contribution in [2.45, 2.75) is 39.0 Å². The molecule has 1 aliphatic carbocycles. The van der Waals surface area contributed by atoms with Gasteiger partial charge in [0, 0.05) is 0 Å². The van der Waals surface area contributed by atoms with Crippen molar-refractivity contribution in [3.63, 3.8) is 0 Å². The van der Waals surface area contributed by atoms with E-state index < -0.39 is 17.9 Å². The van der Waals surface area contributed by atoms with Crippen LogP contribution >= 0.6 is 0 Å². The number of rotatable bonds is 3. The molecule has 1 aliphatic rings. The average Bonchev–Trinajstić information content (AvgIpc) is 2.48. The minimum Gasteiger partial charge on any atom is -0.481 e. The van der Waals surface area contributed by atoms with Gasteiger partial charge in [0.05, 0.1) is 17.0 Å². The Labute approximate surface area is 128 Å². The molecule has 0 spiro atoms. The first-order valence-electron chi connectivity index (χ1n) is 7.13. The van der Waals surface area contributed by atoms with E-state index in [1.54, 1.807) is 6.92 Å². The lowest BCUT2D eigenvalue weighted by molar-refractivity contribution is -0.142. The van der Waals surface area contributed by atoms with Gasteiger partial charge >= 0.3 is 17.9 Å². The Hall–Kier alpha value is -2.37. The van der Waals surface area contributed by atoms with E-state index in [0.717, 1.165) is 31.7 Å². The highest BCUT2D eigenvalue weighted by atomic mass is 16.4. The van der Waals surface area contributed by atoms with E-state index in [0.29, 0.717) is 5.56 Å². The maximum Gasteiger partial charge on any atom is 0.335 e. The minimum absolute atomic E-state index is 0.0111. The summed E-state index contributed by atoms with van der Waals surface area (Å²) >= 11 is 0. The molecule has 0 amide bonds. The molecule has 0 saturated heterocycles. The van der Waals surface area contributed by atoms with Gasteiger partial charge in [0.2, 0.25) is 0 Å². The van der Waals surface area contributed by atoms with E-state index >= 15 is 0 Å². The zero-order valence-electron chi connectivity index (χ0n) is 12.4. The summed E-state index contributed by atoms with van der Waals surface area (Å²) in [6, 6.07) is 4.01. The lowest BCUT2D eigenvalue weighted by atomic mass is 9.90. The molecule has 1 fully saturated rings. The molecule has 120 valence electrons. The van der Waals surface area contributed by atoms with Gasteiger partial charge in [-0.2, -0.15) is 0 Å². The van der Waals surface area contributed by atoms with Crippen molar-refractivity contribution in [2.24, 2.45) is 5.92 Å². The second-order valence-electron chi connectivity index (χ2n) is 5.31. The topological polar surface area (TPSA) is 112 Å². The van der Waals surface area contributed by atoms with Gasteiger partial charge in [-0.25, -0.2) is 9.59 Å². The summed E-state index contributed by atoms with van der Waals surface area (Å²) in [6.45, 7) is 1.62. The van der Waals surface area contributed by atoms with E-state index in [1.165, 1.54) is 18.6 Å². The quantitative estimate of drug-likeness (QED) is 0.791. The van der Waals surface area contributed by atoms with Gasteiger partial charge in [-0.15, -0.1) is 0 Å². The predicted molar refractivity (Wildman–Crippen MR) is 79.3 cm³/mol. The fourth-order valence-electron chi connectivity index (χ4n) is 2.33. The lowest BCUT2D eigenvalue weighted by Gasteiger charge is -2.16. The predicted octanol–water partition coefficient (Wildman–Crippen LogP) is 3.04. The minimum atomic E-state index is -1.12. The standard InChI is InChI=1S/C9H8O4.C7H12O2/c1-5-2-3-6(8(10)11)4-7(5)9(12)13;8-7(9)6-4-2-1-3-5-6/h2-4H,1H3,(H,10,11)(H,12,13);6H,1-5H2,(H,8,9). The first-order valence-corrected chi connectivity index (χ1v) is 7.13. The van der Waals surface area contributed by atoms with Crippen LogP contribution in [0.2, 0.25) is 0 Å². The molecule has 6 nitrogen and oxygen atoms in total. The number of hydrogen-bond acceptors (Lipinski definition) is 3. The van der Waals surface area contributed by atoms with Crippen LogP contribution in [-0.4, -0.2) is 33.2 Å². The second kappa shape index (κ2) is 8.17. The van der Waals surface area contributed by atoms with Crippen molar-refractivity contribution in [1.82, 2.24) is 0 Å². The third kappa shape index (κ3) is 5.20. The van der Waals surface area contributed by atoms with Crippen molar-refractivity contribution in [3.8, 4) is 0 Å². The van der Waals surface area contributed by atoms with Crippen molar-refractivity contribution in [2.75, 3.05) is 0 Å². The molecule has 22 heavy (non-hydrogen) atoms. The Kier molecular flexibility index (Phi) is 6.56. The zero-order chi connectivity index (χ0) is 16.7. The number of aryl methyl sites for hydroxylation is 1. The van der Waals surface area contributed by atoms with Gasteiger partial charge in [-0.3, -0.25) is 4.79 Å². The Morgan fingerprint density at radius 3 is 1.95 bits per heavy atom. The summed E-state index contributed by atoms with van der Waals surface area (Å²) < 4.78 is 0. The zero-order valence-corrected chi connectivity index (χ0v) is 12.4. The fourth-order valence-corrected chi connectivity index (χ4v) is 2.33. The monoisotopic (exact) mass is 308 g/mol. The maximum absolute atomic E-state index is 10.6. The van der Waals surface area contributed by atoms with Crippen LogP contribution in [0.5, 0.6) is 0 Å². The molecule has 1 aromatic rings. The molecule has 0 unspecified atom stereocenters. The van der Waals surface area contributed by atoms with Crippen LogP contribution in [0.3, 0.4) is 0 Å². The van der Waals surface area contributed by atoms with E-state index in [2.05, 4.69) is 0 Å². The first kappa shape index (κ1) is 17.7. The molecule has 1 saturated carbocycles. The number of aromatic carboxylic acids is 2. The van der Waals surface area contributed by atoms with Gasteiger partial charge in [0.25, 0.3) is 0 Å². The molecule has 0 atom stereocenters. The molecular weight excluding hydrogens is 288 g/mol. The third-order valence-electron chi connectivity index (χ3n) is 3.67. The highest BCUT2D eigenvalue weighted by molar-refractivity contribution is 5.94. The summed E-state index contributed by atoms with van der Waals surface area (Å²) in [4.78, 5) is 31.5. The summed E-state index contributed by atoms with van der Waals surface area (Å²) in [6.07, 6.45) is 5.24. The van der Waals surface area contributed by atoms with Crippen LogP contribution in [0.15, 0.2) is 18.2 Å². The number of hydrogen-bond donors (Lipinski definition) is 3. The normalized spacial score (nSPS) is 14.6. The van der Waals surface area contributed by atoms with E-state index in [-0.39, 0.29) is 17.0 Å². The summed E-state index contributed by atoms with van der Waals surface area (Å²) in [7, 11) is 0. The molecule has 0 aliphatic heterocycles. The SMILES string of the molecule is Cc1ccc(C(=O)O)cc1C(=O)O.O=C(O)C1CCCCC1. The average molecular weight is 308 g/mol. The van der Waals surface area contributed by atoms with Gasteiger partial charge < -0.3 is 15.3 Å². The Morgan fingerprint density at radius 1 is 0.955 bits per heavy atom. The van der Waals surface area contributed by atoms with Crippen LogP contribution in [0.25, 0.3) is 0 Å². The van der Waals surface area contributed by atoms with Gasteiger partial charge in [0.15, 0.2) is 0 Å². The molecule has 0 aromatic heterocycles. The highest BCUT2D eigenvalue weighted by Gasteiger charge is 2.19. The molecule has 0 bridgehead atoms. The molecule has 1 aromatic carbocycles. The van der Waals surface area contributed by atoms with E-state index in [9.17, 15) is 14.4 Å². The smallest absolute Gasteiger partial charge is 0.335 e. The number of benzene rings is 1. The van der Waals surface area contributed by atoms with E-state index in [4.69, 9.17) is 15.3 Å². The number of carboxylic acid groups (broad SMARTS) is 3. The van der Waals surface area contributed by atoms with Crippen molar-refractivity contribution in [3.05, 3.63) is 34.9 Å². The number of aliphatic carboxylic acids is 1. The second-order valence-corrected chi connectivity index (χ2v) is 5.31. The van der Waals surface area contributed by atoms with Crippen LogP contribution < -0.4 is 0 Å². The van der Waals surface area contributed by atoms with E-state index in [1.807, 2.05) is 0 Å². The summed E-state index contributed by atoms with van der Waals surface area (Å²) in [5.41, 5.74) is 0.570.